The van der Waals surface area contributed by atoms with Crippen molar-refractivity contribution in [2.45, 2.75) is 27.2 Å². The Kier molecular flexibility index (Phi) is 3.09. The minimum absolute atomic E-state index is 1.10. The SMILES string of the molecule is CCc1cc(C)cc(-c2ccccc2)c1C. The van der Waals surface area contributed by atoms with Crippen molar-refractivity contribution in [3.8, 4) is 11.1 Å². The average molecular weight is 210 g/mol. The maximum absolute atomic E-state index is 2.29. The van der Waals surface area contributed by atoms with E-state index in [1.165, 1.54) is 27.8 Å². The number of rotatable bonds is 2. The van der Waals surface area contributed by atoms with Gasteiger partial charge in [-0.15, -0.1) is 0 Å². The molecule has 0 aliphatic heterocycles. The highest BCUT2D eigenvalue weighted by Gasteiger charge is 2.05. The van der Waals surface area contributed by atoms with Crippen molar-refractivity contribution in [2.75, 3.05) is 0 Å². The van der Waals surface area contributed by atoms with Crippen LogP contribution in [0, 0.1) is 13.8 Å². The van der Waals surface area contributed by atoms with Gasteiger partial charge in [0.05, 0.1) is 0 Å². The zero-order valence-electron chi connectivity index (χ0n) is 10.2. The molecule has 0 N–H and O–H groups in total. The summed E-state index contributed by atoms with van der Waals surface area (Å²) in [7, 11) is 0. The van der Waals surface area contributed by atoms with E-state index >= 15 is 0 Å². The molecule has 0 unspecified atom stereocenters. The third-order valence-corrected chi connectivity index (χ3v) is 3.13. The zero-order valence-corrected chi connectivity index (χ0v) is 10.2. The van der Waals surface area contributed by atoms with E-state index in [2.05, 4.69) is 63.2 Å². The predicted molar refractivity (Wildman–Crippen MR) is 70.7 cm³/mol. The van der Waals surface area contributed by atoms with Gasteiger partial charge in [-0.1, -0.05) is 55.0 Å². The first-order valence-corrected chi connectivity index (χ1v) is 5.88. The second kappa shape index (κ2) is 4.52. The summed E-state index contributed by atoms with van der Waals surface area (Å²) in [4.78, 5) is 0. The van der Waals surface area contributed by atoms with Crippen LogP contribution >= 0.6 is 0 Å². The Balaban J connectivity index is 2.61. The highest BCUT2D eigenvalue weighted by molar-refractivity contribution is 5.69. The minimum atomic E-state index is 1.10. The van der Waals surface area contributed by atoms with Crippen molar-refractivity contribution >= 4 is 0 Å². The largest absolute Gasteiger partial charge is 0.0622 e. The first kappa shape index (κ1) is 10.9. The van der Waals surface area contributed by atoms with E-state index in [4.69, 9.17) is 0 Å². The molecule has 16 heavy (non-hydrogen) atoms. The number of benzene rings is 2. The van der Waals surface area contributed by atoms with Gasteiger partial charge < -0.3 is 0 Å². The molecule has 0 amide bonds. The van der Waals surface area contributed by atoms with Gasteiger partial charge in [0.25, 0.3) is 0 Å². The van der Waals surface area contributed by atoms with Crippen LogP contribution in [0.1, 0.15) is 23.6 Å². The average Bonchev–Trinajstić information content (AvgIpc) is 2.33. The van der Waals surface area contributed by atoms with Crippen LogP contribution in [0.3, 0.4) is 0 Å². The number of aryl methyl sites for hydroxylation is 2. The molecule has 0 aliphatic carbocycles. The Morgan fingerprint density at radius 2 is 1.62 bits per heavy atom. The summed E-state index contributed by atoms with van der Waals surface area (Å²) < 4.78 is 0. The summed E-state index contributed by atoms with van der Waals surface area (Å²) in [5.74, 6) is 0. The van der Waals surface area contributed by atoms with Crippen molar-refractivity contribution in [3.05, 3.63) is 59.2 Å². The summed E-state index contributed by atoms with van der Waals surface area (Å²) in [6.45, 7) is 6.61. The molecule has 0 saturated heterocycles. The summed E-state index contributed by atoms with van der Waals surface area (Å²) >= 11 is 0. The Labute approximate surface area is 97.9 Å². The van der Waals surface area contributed by atoms with Crippen LogP contribution in [0.25, 0.3) is 11.1 Å². The Bertz CT molecular complexity index is 481. The molecule has 82 valence electrons. The fraction of sp³-hybridized carbons (Fsp3) is 0.250. The highest BCUT2D eigenvalue weighted by Crippen LogP contribution is 2.27. The summed E-state index contributed by atoms with van der Waals surface area (Å²) in [5, 5.41) is 0. The monoisotopic (exact) mass is 210 g/mol. The van der Waals surface area contributed by atoms with Crippen LogP contribution in [0.5, 0.6) is 0 Å². The Morgan fingerprint density at radius 3 is 2.25 bits per heavy atom. The molecule has 0 aliphatic rings. The second-order valence-corrected chi connectivity index (χ2v) is 4.32. The molecule has 0 bridgehead atoms. The molecule has 0 heteroatoms. The van der Waals surface area contributed by atoms with Gasteiger partial charge in [-0.3, -0.25) is 0 Å². The zero-order chi connectivity index (χ0) is 11.5. The highest BCUT2D eigenvalue weighted by atomic mass is 14.1. The lowest BCUT2D eigenvalue weighted by molar-refractivity contribution is 1.10. The first-order valence-electron chi connectivity index (χ1n) is 5.88. The fourth-order valence-electron chi connectivity index (χ4n) is 2.22. The second-order valence-electron chi connectivity index (χ2n) is 4.32. The van der Waals surface area contributed by atoms with E-state index in [1.54, 1.807) is 0 Å². The van der Waals surface area contributed by atoms with Gasteiger partial charge in [-0.25, -0.2) is 0 Å². The van der Waals surface area contributed by atoms with E-state index in [0.717, 1.165) is 6.42 Å². The topological polar surface area (TPSA) is 0 Å². The quantitative estimate of drug-likeness (QED) is 0.683. The molecular formula is C16H18. The van der Waals surface area contributed by atoms with Crippen molar-refractivity contribution in [1.29, 1.82) is 0 Å². The molecule has 0 nitrogen and oxygen atoms in total. The molecule has 0 saturated carbocycles. The smallest absolute Gasteiger partial charge is 0.0149 e. The normalized spacial score (nSPS) is 10.4. The third-order valence-electron chi connectivity index (χ3n) is 3.13. The lowest BCUT2D eigenvalue weighted by Crippen LogP contribution is -1.92. The predicted octanol–water partition coefficient (Wildman–Crippen LogP) is 4.53. The molecule has 0 spiro atoms. The van der Waals surface area contributed by atoms with Gasteiger partial charge in [-0.05, 0) is 42.5 Å². The minimum Gasteiger partial charge on any atom is -0.0622 e. The summed E-state index contributed by atoms with van der Waals surface area (Å²) in [5.41, 5.74) is 6.91. The van der Waals surface area contributed by atoms with E-state index in [1.807, 2.05) is 0 Å². The van der Waals surface area contributed by atoms with Gasteiger partial charge >= 0.3 is 0 Å². The molecular weight excluding hydrogens is 192 g/mol. The van der Waals surface area contributed by atoms with Crippen molar-refractivity contribution in [3.63, 3.8) is 0 Å². The Hall–Kier alpha value is -1.56. The standard InChI is InChI=1S/C16H18/c1-4-14-10-12(2)11-16(13(14)3)15-8-6-5-7-9-15/h5-11H,4H2,1-3H3. The third kappa shape index (κ3) is 2.01. The van der Waals surface area contributed by atoms with Crippen LogP contribution in [0.4, 0.5) is 0 Å². The molecule has 2 aromatic carbocycles. The summed E-state index contributed by atoms with van der Waals surface area (Å²) in [6, 6.07) is 15.2. The van der Waals surface area contributed by atoms with Gasteiger partial charge in [0.15, 0.2) is 0 Å². The lowest BCUT2D eigenvalue weighted by atomic mass is 9.93. The molecule has 0 radical (unpaired) electrons. The van der Waals surface area contributed by atoms with Crippen molar-refractivity contribution in [2.24, 2.45) is 0 Å². The summed E-state index contributed by atoms with van der Waals surface area (Å²) in [6.07, 6.45) is 1.10. The van der Waals surface area contributed by atoms with Crippen LogP contribution in [0.2, 0.25) is 0 Å². The van der Waals surface area contributed by atoms with Crippen LogP contribution in [-0.4, -0.2) is 0 Å². The maximum Gasteiger partial charge on any atom is -0.0149 e. The molecule has 0 fully saturated rings. The molecule has 0 aromatic heterocycles. The molecule has 0 heterocycles. The maximum atomic E-state index is 2.29. The van der Waals surface area contributed by atoms with E-state index < -0.39 is 0 Å². The first-order chi connectivity index (χ1) is 7.72. The Morgan fingerprint density at radius 1 is 0.938 bits per heavy atom. The van der Waals surface area contributed by atoms with Crippen LogP contribution in [-0.2, 0) is 6.42 Å². The van der Waals surface area contributed by atoms with Crippen LogP contribution in [0.15, 0.2) is 42.5 Å². The molecule has 0 atom stereocenters. The van der Waals surface area contributed by atoms with Crippen molar-refractivity contribution in [1.82, 2.24) is 0 Å². The van der Waals surface area contributed by atoms with Gasteiger partial charge in [0.2, 0.25) is 0 Å². The molecule has 2 rings (SSSR count). The van der Waals surface area contributed by atoms with Crippen LogP contribution < -0.4 is 0 Å². The number of hydrogen-bond donors (Lipinski definition) is 0. The number of hydrogen-bond acceptors (Lipinski definition) is 0. The fourth-order valence-corrected chi connectivity index (χ4v) is 2.22. The lowest BCUT2D eigenvalue weighted by Gasteiger charge is -2.12. The van der Waals surface area contributed by atoms with E-state index in [9.17, 15) is 0 Å². The van der Waals surface area contributed by atoms with Gasteiger partial charge in [0, 0.05) is 0 Å². The van der Waals surface area contributed by atoms with Gasteiger partial charge in [-0.2, -0.15) is 0 Å². The van der Waals surface area contributed by atoms with Gasteiger partial charge in [0.1, 0.15) is 0 Å². The van der Waals surface area contributed by atoms with E-state index in [-0.39, 0.29) is 0 Å². The van der Waals surface area contributed by atoms with E-state index in [0.29, 0.717) is 0 Å². The van der Waals surface area contributed by atoms with Crippen molar-refractivity contribution < 1.29 is 0 Å². The molecule has 2 aromatic rings.